The van der Waals surface area contributed by atoms with Crippen molar-refractivity contribution in [3.63, 3.8) is 0 Å². The predicted octanol–water partition coefficient (Wildman–Crippen LogP) is 1.77. The average Bonchev–Trinajstić information content (AvgIpc) is 2.80. The van der Waals surface area contributed by atoms with Gasteiger partial charge in [-0.25, -0.2) is 9.97 Å². The standard InChI is InChI=1S/C12H18N2O2/c1-2-16-12(6-3-4-7-12)11-13-8-5-10(9-15)14-11/h5,8,15H,2-4,6-7,9H2,1H3. The molecule has 0 spiro atoms. The zero-order valence-corrected chi connectivity index (χ0v) is 9.65. The van der Waals surface area contributed by atoms with Gasteiger partial charge in [-0.05, 0) is 38.7 Å². The summed E-state index contributed by atoms with van der Waals surface area (Å²) in [6.07, 6.45) is 5.98. The van der Waals surface area contributed by atoms with E-state index in [1.807, 2.05) is 6.92 Å². The highest BCUT2D eigenvalue weighted by Crippen LogP contribution is 2.40. The Kier molecular flexibility index (Phi) is 3.51. The normalized spacial score (nSPS) is 18.9. The first-order valence-corrected chi connectivity index (χ1v) is 5.88. The Labute approximate surface area is 95.7 Å². The van der Waals surface area contributed by atoms with E-state index in [2.05, 4.69) is 9.97 Å². The van der Waals surface area contributed by atoms with Crippen LogP contribution in [0.4, 0.5) is 0 Å². The lowest BCUT2D eigenvalue weighted by molar-refractivity contribution is -0.0459. The zero-order valence-electron chi connectivity index (χ0n) is 9.65. The largest absolute Gasteiger partial charge is 0.390 e. The maximum absolute atomic E-state index is 9.09. The summed E-state index contributed by atoms with van der Waals surface area (Å²) in [5.41, 5.74) is 0.357. The molecule has 1 aromatic rings. The smallest absolute Gasteiger partial charge is 0.160 e. The first-order chi connectivity index (χ1) is 7.80. The number of aromatic nitrogens is 2. The predicted molar refractivity (Wildman–Crippen MR) is 59.7 cm³/mol. The molecule has 4 heteroatoms. The van der Waals surface area contributed by atoms with Gasteiger partial charge in [-0.15, -0.1) is 0 Å². The molecule has 1 fully saturated rings. The lowest BCUT2D eigenvalue weighted by Crippen LogP contribution is -2.29. The van der Waals surface area contributed by atoms with Gasteiger partial charge in [-0.2, -0.15) is 0 Å². The molecule has 1 N–H and O–H groups in total. The fourth-order valence-corrected chi connectivity index (χ4v) is 2.36. The van der Waals surface area contributed by atoms with E-state index in [1.165, 1.54) is 0 Å². The van der Waals surface area contributed by atoms with Gasteiger partial charge in [-0.1, -0.05) is 0 Å². The number of hydrogen-bond donors (Lipinski definition) is 1. The molecule has 0 radical (unpaired) electrons. The van der Waals surface area contributed by atoms with E-state index in [0.717, 1.165) is 31.5 Å². The maximum Gasteiger partial charge on any atom is 0.160 e. The van der Waals surface area contributed by atoms with Crippen molar-refractivity contribution in [3.8, 4) is 0 Å². The zero-order chi connectivity index (χ0) is 11.4. The Balaban J connectivity index is 2.30. The van der Waals surface area contributed by atoms with Crippen LogP contribution in [0.3, 0.4) is 0 Å². The highest BCUT2D eigenvalue weighted by Gasteiger charge is 2.39. The number of aliphatic hydroxyl groups excluding tert-OH is 1. The van der Waals surface area contributed by atoms with Gasteiger partial charge in [0.05, 0.1) is 12.3 Å². The van der Waals surface area contributed by atoms with E-state index in [9.17, 15) is 0 Å². The molecule has 0 atom stereocenters. The van der Waals surface area contributed by atoms with Crippen LogP contribution in [-0.2, 0) is 16.9 Å². The van der Waals surface area contributed by atoms with Gasteiger partial charge in [0.1, 0.15) is 5.60 Å². The van der Waals surface area contributed by atoms with Crippen molar-refractivity contribution in [2.24, 2.45) is 0 Å². The Morgan fingerprint density at radius 1 is 1.44 bits per heavy atom. The summed E-state index contributed by atoms with van der Waals surface area (Å²) < 4.78 is 5.87. The summed E-state index contributed by atoms with van der Waals surface area (Å²) in [6, 6.07) is 1.73. The third-order valence-corrected chi connectivity index (χ3v) is 3.11. The van der Waals surface area contributed by atoms with E-state index < -0.39 is 0 Å². The van der Waals surface area contributed by atoms with E-state index in [4.69, 9.17) is 9.84 Å². The summed E-state index contributed by atoms with van der Waals surface area (Å²) in [5.74, 6) is 0.735. The van der Waals surface area contributed by atoms with Crippen LogP contribution in [0, 0.1) is 0 Å². The number of rotatable bonds is 4. The van der Waals surface area contributed by atoms with Gasteiger partial charge < -0.3 is 9.84 Å². The molecule has 1 saturated carbocycles. The molecule has 1 aliphatic carbocycles. The Morgan fingerprint density at radius 3 is 2.81 bits per heavy atom. The highest BCUT2D eigenvalue weighted by molar-refractivity contribution is 5.10. The van der Waals surface area contributed by atoms with Gasteiger partial charge in [-0.3, -0.25) is 0 Å². The van der Waals surface area contributed by atoms with Crippen LogP contribution in [0.2, 0.25) is 0 Å². The Hall–Kier alpha value is -1.00. The fraction of sp³-hybridized carbons (Fsp3) is 0.667. The molecule has 0 aliphatic heterocycles. The van der Waals surface area contributed by atoms with Crippen molar-refractivity contribution < 1.29 is 9.84 Å². The van der Waals surface area contributed by atoms with Crippen molar-refractivity contribution in [2.45, 2.75) is 44.8 Å². The molecule has 16 heavy (non-hydrogen) atoms. The number of hydrogen-bond acceptors (Lipinski definition) is 4. The molecule has 0 saturated heterocycles. The molecule has 0 unspecified atom stereocenters. The minimum absolute atomic E-state index is 0.0439. The second-order valence-electron chi connectivity index (χ2n) is 4.16. The van der Waals surface area contributed by atoms with Crippen molar-refractivity contribution >= 4 is 0 Å². The van der Waals surface area contributed by atoms with Gasteiger partial charge in [0.25, 0.3) is 0 Å². The number of aliphatic hydroxyl groups is 1. The van der Waals surface area contributed by atoms with Crippen molar-refractivity contribution in [1.29, 1.82) is 0 Å². The van der Waals surface area contributed by atoms with Crippen LogP contribution in [0.15, 0.2) is 12.3 Å². The third-order valence-electron chi connectivity index (χ3n) is 3.11. The topological polar surface area (TPSA) is 55.2 Å². The van der Waals surface area contributed by atoms with Crippen LogP contribution in [0.25, 0.3) is 0 Å². The molecular weight excluding hydrogens is 204 g/mol. The molecule has 88 valence electrons. The SMILES string of the molecule is CCOC1(c2nccc(CO)n2)CCCC1. The minimum atomic E-state index is -0.306. The summed E-state index contributed by atoms with van der Waals surface area (Å²) in [7, 11) is 0. The van der Waals surface area contributed by atoms with Gasteiger partial charge >= 0.3 is 0 Å². The van der Waals surface area contributed by atoms with E-state index in [0.29, 0.717) is 12.3 Å². The number of ether oxygens (including phenoxy) is 1. The molecule has 0 amide bonds. The van der Waals surface area contributed by atoms with E-state index in [1.54, 1.807) is 12.3 Å². The highest BCUT2D eigenvalue weighted by atomic mass is 16.5. The lowest BCUT2D eigenvalue weighted by atomic mass is 10.0. The van der Waals surface area contributed by atoms with Crippen molar-refractivity contribution in [1.82, 2.24) is 9.97 Å². The fourth-order valence-electron chi connectivity index (χ4n) is 2.36. The van der Waals surface area contributed by atoms with Crippen LogP contribution in [0.1, 0.15) is 44.1 Å². The first-order valence-electron chi connectivity index (χ1n) is 5.88. The molecule has 0 aromatic carbocycles. The monoisotopic (exact) mass is 222 g/mol. The molecule has 1 aromatic heterocycles. The molecule has 2 rings (SSSR count). The minimum Gasteiger partial charge on any atom is -0.390 e. The van der Waals surface area contributed by atoms with E-state index >= 15 is 0 Å². The van der Waals surface area contributed by atoms with Crippen LogP contribution >= 0.6 is 0 Å². The van der Waals surface area contributed by atoms with Crippen LogP contribution < -0.4 is 0 Å². The Bertz CT molecular complexity index is 349. The quantitative estimate of drug-likeness (QED) is 0.843. The molecular formula is C12H18N2O2. The third kappa shape index (κ3) is 2.08. The lowest BCUT2D eigenvalue weighted by Gasteiger charge is -2.27. The molecule has 0 bridgehead atoms. The second-order valence-corrected chi connectivity index (χ2v) is 4.16. The first kappa shape index (κ1) is 11.5. The Morgan fingerprint density at radius 2 is 2.19 bits per heavy atom. The number of nitrogens with zero attached hydrogens (tertiary/aromatic N) is 2. The summed E-state index contributed by atoms with van der Waals surface area (Å²) in [6.45, 7) is 2.63. The summed E-state index contributed by atoms with van der Waals surface area (Å²) in [5, 5.41) is 9.09. The van der Waals surface area contributed by atoms with Gasteiger partial charge in [0.15, 0.2) is 5.82 Å². The summed E-state index contributed by atoms with van der Waals surface area (Å²) in [4.78, 5) is 8.69. The van der Waals surface area contributed by atoms with Gasteiger partial charge in [0, 0.05) is 12.8 Å². The molecule has 1 aliphatic rings. The van der Waals surface area contributed by atoms with Crippen molar-refractivity contribution in [2.75, 3.05) is 6.61 Å². The maximum atomic E-state index is 9.09. The van der Waals surface area contributed by atoms with Gasteiger partial charge in [0.2, 0.25) is 0 Å². The van der Waals surface area contributed by atoms with Crippen molar-refractivity contribution in [3.05, 3.63) is 23.8 Å². The second kappa shape index (κ2) is 4.89. The van der Waals surface area contributed by atoms with Crippen LogP contribution in [-0.4, -0.2) is 21.7 Å². The average molecular weight is 222 g/mol. The summed E-state index contributed by atoms with van der Waals surface area (Å²) >= 11 is 0. The molecule has 4 nitrogen and oxygen atoms in total. The van der Waals surface area contributed by atoms with E-state index in [-0.39, 0.29) is 12.2 Å². The molecule has 1 heterocycles. The van der Waals surface area contributed by atoms with Crippen LogP contribution in [0.5, 0.6) is 0 Å².